The van der Waals surface area contributed by atoms with E-state index in [9.17, 15) is 18.0 Å². The molecule has 8 nitrogen and oxygen atoms in total. The molecule has 236 valence electrons. The van der Waals surface area contributed by atoms with Gasteiger partial charge in [0.25, 0.3) is 0 Å². The summed E-state index contributed by atoms with van der Waals surface area (Å²) in [5.74, 6) is 0.301. The lowest BCUT2D eigenvalue weighted by atomic mass is 9.94. The molecule has 0 heterocycles. The molecule has 3 aromatic carbocycles. The van der Waals surface area contributed by atoms with Crippen LogP contribution in [0.15, 0.2) is 78.9 Å². The van der Waals surface area contributed by atoms with Gasteiger partial charge < -0.3 is 15.0 Å². The minimum atomic E-state index is -3.59. The van der Waals surface area contributed by atoms with Crippen LogP contribution in [0, 0.1) is 6.92 Å². The van der Waals surface area contributed by atoms with Gasteiger partial charge in [-0.2, -0.15) is 0 Å². The van der Waals surface area contributed by atoms with Crippen molar-refractivity contribution >= 4 is 27.5 Å². The molecule has 1 fully saturated rings. The van der Waals surface area contributed by atoms with Gasteiger partial charge >= 0.3 is 0 Å². The quantitative estimate of drug-likeness (QED) is 0.252. The largest absolute Gasteiger partial charge is 0.497 e. The maximum atomic E-state index is 14.1. The number of carbonyl (C=O) groups is 2. The number of hydrogen-bond acceptors (Lipinski definition) is 5. The second-order valence-electron chi connectivity index (χ2n) is 11.6. The Balaban J connectivity index is 1.58. The van der Waals surface area contributed by atoms with Gasteiger partial charge in [-0.05, 0) is 67.1 Å². The Morgan fingerprint density at radius 1 is 0.932 bits per heavy atom. The summed E-state index contributed by atoms with van der Waals surface area (Å²) in [6.07, 6.45) is 7.19. The highest BCUT2D eigenvalue weighted by Crippen LogP contribution is 2.24. The molecule has 0 spiro atoms. The van der Waals surface area contributed by atoms with Crippen LogP contribution >= 0.6 is 0 Å². The monoisotopic (exact) mass is 619 g/mol. The van der Waals surface area contributed by atoms with Gasteiger partial charge in [-0.15, -0.1) is 0 Å². The third kappa shape index (κ3) is 9.32. The van der Waals surface area contributed by atoms with Crippen molar-refractivity contribution in [2.45, 2.75) is 76.9 Å². The van der Waals surface area contributed by atoms with E-state index >= 15 is 0 Å². The number of nitrogens with one attached hydrogen (secondary N) is 1. The topological polar surface area (TPSA) is 96.0 Å². The number of anilines is 1. The van der Waals surface area contributed by atoms with Crippen molar-refractivity contribution in [3.05, 3.63) is 95.6 Å². The number of aryl methyl sites for hydroxylation is 1. The molecule has 0 bridgehead atoms. The standard InChI is InChI=1S/C35H45N3O5S/c1-27-13-10-11-16-29(27)26-37(33(25-28-14-6-4-7-15-28)35(40)36-30-17-8-5-9-18-30)34(39)19-12-24-38(44(3,41)42)31-20-22-32(43-2)23-21-31/h4,6-7,10-11,13-16,20-23,30,33H,5,8-9,12,17-19,24-26H2,1-3H3,(H,36,40)/t33-/m0/s1. The Bertz CT molecular complexity index is 1470. The van der Waals surface area contributed by atoms with E-state index in [4.69, 9.17) is 4.74 Å². The molecule has 0 radical (unpaired) electrons. The Morgan fingerprint density at radius 3 is 2.23 bits per heavy atom. The molecular weight excluding hydrogens is 574 g/mol. The van der Waals surface area contributed by atoms with E-state index < -0.39 is 16.1 Å². The number of ether oxygens (including phenoxy) is 1. The molecule has 9 heteroatoms. The Kier molecular flexibility index (Phi) is 11.8. The highest BCUT2D eigenvalue weighted by molar-refractivity contribution is 7.92. The second kappa shape index (κ2) is 15.7. The summed E-state index contributed by atoms with van der Waals surface area (Å²) in [7, 11) is -2.04. The summed E-state index contributed by atoms with van der Waals surface area (Å²) in [5.41, 5.74) is 3.49. The maximum absolute atomic E-state index is 14.1. The number of benzene rings is 3. The average molecular weight is 620 g/mol. The number of amides is 2. The van der Waals surface area contributed by atoms with Crippen LogP contribution in [0.3, 0.4) is 0 Å². The first kappa shape index (κ1) is 33.1. The van der Waals surface area contributed by atoms with Crippen molar-refractivity contribution in [3.63, 3.8) is 0 Å². The van der Waals surface area contributed by atoms with Crippen LogP contribution < -0.4 is 14.4 Å². The zero-order valence-electron chi connectivity index (χ0n) is 26.1. The molecule has 1 aliphatic carbocycles. The van der Waals surface area contributed by atoms with Gasteiger partial charge in [0.15, 0.2) is 0 Å². The van der Waals surface area contributed by atoms with Crippen molar-refractivity contribution in [1.82, 2.24) is 10.2 Å². The van der Waals surface area contributed by atoms with Gasteiger partial charge in [0, 0.05) is 32.0 Å². The van der Waals surface area contributed by atoms with Crippen molar-refractivity contribution in [1.29, 1.82) is 0 Å². The molecule has 0 unspecified atom stereocenters. The predicted octanol–water partition coefficient (Wildman–Crippen LogP) is 5.64. The lowest BCUT2D eigenvalue weighted by Gasteiger charge is -2.34. The van der Waals surface area contributed by atoms with Crippen LogP contribution in [0.25, 0.3) is 0 Å². The Morgan fingerprint density at radius 2 is 1.59 bits per heavy atom. The number of carbonyl (C=O) groups excluding carboxylic acids is 2. The smallest absolute Gasteiger partial charge is 0.243 e. The van der Waals surface area contributed by atoms with Gasteiger partial charge in [-0.1, -0.05) is 73.9 Å². The summed E-state index contributed by atoms with van der Waals surface area (Å²) in [5, 5.41) is 3.27. The number of hydrogen-bond donors (Lipinski definition) is 1. The predicted molar refractivity (Wildman–Crippen MR) is 175 cm³/mol. The van der Waals surface area contributed by atoms with E-state index in [0.717, 1.165) is 48.6 Å². The average Bonchev–Trinajstić information content (AvgIpc) is 3.02. The van der Waals surface area contributed by atoms with Gasteiger partial charge in [0.05, 0.1) is 19.1 Å². The molecule has 1 N–H and O–H groups in total. The molecule has 0 aromatic heterocycles. The lowest BCUT2D eigenvalue weighted by molar-refractivity contribution is -0.141. The van der Waals surface area contributed by atoms with Crippen molar-refractivity contribution in [2.24, 2.45) is 0 Å². The van der Waals surface area contributed by atoms with Crippen molar-refractivity contribution in [3.8, 4) is 5.75 Å². The molecule has 1 atom stereocenters. The van der Waals surface area contributed by atoms with E-state index in [1.807, 2.05) is 61.5 Å². The molecule has 3 aromatic rings. The fraction of sp³-hybridized carbons (Fsp3) is 0.429. The summed E-state index contributed by atoms with van der Waals surface area (Å²) in [4.78, 5) is 29.8. The number of methoxy groups -OCH3 is 1. The highest BCUT2D eigenvalue weighted by Gasteiger charge is 2.32. The normalized spacial score (nSPS) is 14.4. The number of nitrogens with zero attached hydrogens (tertiary/aromatic N) is 2. The molecule has 2 amide bonds. The summed E-state index contributed by atoms with van der Waals surface area (Å²) in [6, 6.07) is 23.9. The second-order valence-corrected chi connectivity index (χ2v) is 13.5. The van der Waals surface area contributed by atoms with E-state index in [1.54, 1.807) is 36.3 Å². The number of rotatable bonds is 14. The molecule has 44 heavy (non-hydrogen) atoms. The number of sulfonamides is 1. The first-order valence-corrected chi connectivity index (χ1v) is 17.3. The van der Waals surface area contributed by atoms with Crippen LogP contribution in [0.5, 0.6) is 5.75 Å². The van der Waals surface area contributed by atoms with Crippen molar-refractivity contribution < 1.29 is 22.7 Å². The van der Waals surface area contributed by atoms with Crippen LogP contribution in [-0.4, -0.2) is 57.1 Å². The molecule has 0 saturated heterocycles. The zero-order chi connectivity index (χ0) is 31.5. The SMILES string of the molecule is COc1ccc(N(CCCC(=O)N(Cc2ccccc2C)[C@@H](Cc2ccccc2)C(=O)NC2CCCCC2)S(C)(=O)=O)cc1. The Hall–Kier alpha value is -3.85. The third-order valence-electron chi connectivity index (χ3n) is 8.34. The third-order valence-corrected chi connectivity index (χ3v) is 9.53. The molecule has 0 aliphatic heterocycles. The fourth-order valence-corrected chi connectivity index (χ4v) is 6.79. The minimum Gasteiger partial charge on any atom is -0.497 e. The van der Waals surface area contributed by atoms with E-state index in [2.05, 4.69) is 5.32 Å². The van der Waals surface area contributed by atoms with Gasteiger partial charge in [-0.3, -0.25) is 13.9 Å². The first-order chi connectivity index (χ1) is 21.2. The summed E-state index contributed by atoms with van der Waals surface area (Å²) in [6.45, 7) is 2.42. The van der Waals surface area contributed by atoms with Gasteiger partial charge in [0.2, 0.25) is 21.8 Å². The van der Waals surface area contributed by atoms with Gasteiger partial charge in [0.1, 0.15) is 11.8 Å². The first-order valence-electron chi connectivity index (χ1n) is 15.5. The van der Waals surface area contributed by atoms with E-state index in [0.29, 0.717) is 24.3 Å². The molecular formula is C35H45N3O5S. The van der Waals surface area contributed by atoms with E-state index in [1.165, 1.54) is 10.7 Å². The Labute approximate surface area is 262 Å². The lowest BCUT2D eigenvalue weighted by Crippen LogP contribution is -2.53. The minimum absolute atomic E-state index is 0.0933. The summed E-state index contributed by atoms with van der Waals surface area (Å²) >= 11 is 0. The van der Waals surface area contributed by atoms with E-state index in [-0.39, 0.29) is 37.4 Å². The van der Waals surface area contributed by atoms with Crippen LogP contribution in [0.1, 0.15) is 61.6 Å². The summed E-state index contributed by atoms with van der Waals surface area (Å²) < 4.78 is 31.9. The maximum Gasteiger partial charge on any atom is 0.243 e. The molecule has 1 aliphatic rings. The van der Waals surface area contributed by atoms with Crippen molar-refractivity contribution in [2.75, 3.05) is 24.2 Å². The zero-order valence-corrected chi connectivity index (χ0v) is 26.9. The molecule has 4 rings (SSSR count). The van der Waals surface area contributed by atoms with Crippen LogP contribution in [0.2, 0.25) is 0 Å². The van der Waals surface area contributed by atoms with Crippen LogP contribution in [-0.2, 0) is 32.6 Å². The fourth-order valence-electron chi connectivity index (χ4n) is 5.82. The highest BCUT2D eigenvalue weighted by atomic mass is 32.2. The van der Waals surface area contributed by atoms with Crippen LogP contribution in [0.4, 0.5) is 5.69 Å². The van der Waals surface area contributed by atoms with Gasteiger partial charge in [-0.25, -0.2) is 8.42 Å². The molecule has 1 saturated carbocycles.